The van der Waals surface area contributed by atoms with E-state index in [1.807, 2.05) is 18.2 Å². The van der Waals surface area contributed by atoms with Gasteiger partial charge >= 0.3 is 0 Å². The number of anilines is 1. The maximum atomic E-state index is 13.4. The van der Waals surface area contributed by atoms with Crippen LogP contribution in [0.1, 0.15) is 18.4 Å². The first-order valence-electron chi connectivity index (χ1n) is 6.60. The molecule has 0 bridgehead atoms. The molecule has 1 nitrogen and oxygen atoms in total. The van der Waals surface area contributed by atoms with Crippen molar-refractivity contribution in [3.8, 4) is 0 Å². The van der Waals surface area contributed by atoms with Gasteiger partial charge in [0.2, 0.25) is 0 Å². The fourth-order valence-corrected chi connectivity index (χ4v) is 1.98. The van der Waals surface area contributed by atoms with Crippen LogP contribution in [0, 0.1) is 17.5 Å². The summed E-state index contributed by atoms with van der Waals surface area (Å²) in [5, 5.41) is 2.79. The Kier molecular flexibility index (Phi) is 5.04. The number of nitrogens with one attached hydrogen (secondary N) is 1. The van der Waals surface area contributed by atoms with Crippen molar-refractivity contribution in [2.24, 2.45) is 0 Å². The Morgan fingerprint density at radius 1 is 0.800 bits per heavy atom. The van der Waals surface area contributed by atoms with Crippen molar-refractivity contribution in [2.45, 2.75) is 19.3 Å². The van der Waals surface area contributed by atoms with Gasteiger partial charge in [-0.2, -0.15) is 0 Å². The number of hydrogen-bond donors (Lipinski definition) is 1. The van der Waals surface area contributed by atoms with Crippen molar-refractivity contribution in [1.82, 2.24) is 0 Å². The summed E-state index contributed by atoms with van der Waals surface area (Å²) in [6.45, 7) is 0.523. The Morgan fingerprint density at radius 2 is 1.55 bits per heavy atom. The molecule has 2 aromatic carbocycles. The van der Waals surface area contributed by atoms with Gasteiger partial charge in [-0.05, 0) is 37.0 Å². The number of hydrogen-bond acceptors (Lipinski definition) is 1. The van der Waals surface area contributed by atoms with Crippen molar-refractivity contribution in [1.29, 1.82) is 0 Å². The molecule has 0 saturated carbocycles. The minimum absolute atomic E-state index is 0.00334. The fraction of sp³-hybridized carbons (Fsp3) is 0.250. The molecule has 2 rings (SSSR count). The van der Waals surface area contributed by atoms with Crippen molar-refractivity contribution >= 4 is 5.69 Å². The first-order valence-corrected chi connectivity index (χ1v) is 6.60. The molecular weight excluding hydrogens is 263 g/mol. The lowest BCUT2D eigenvalue weighted by molar-refractivity contribution is 0.449. The number of aryl methyl sites for hydroxylation is 1. The third-order valence-corrected chi connectivity index (χ3v) is 3.09. The molecule has 0 aliphatic heterocycles. The van der Waals surface area contributed by atoms with Crippen molar-refractivity contribution in [3.05, 3.63) is 65.5 Å². The number of unbranched alkanes of at least 4 members (excludes halogenated alkanes) is 1. The first kappa shape index (κ1) is 14.4. The zero-order valence-corrected chi connectivity index (χ0v) is 11.0. The van der Waals surface area contributed by atoms with Gasteiger partial charge in [0.1, 0.15) is 0 Å². The predicted octanol–water partition coefficient (Wildman–Crippen LogP) is 4.54. The normalized spacial score (nSPS) is 10.6. The quantitative estimate of drug-likeness (QED) is 0.604. The van der Waals surface area contributed by atoms with E-state index in [1.54, 1.807) is 0 Å². The third kappa shape index (κ3) is 3.76. The van der Waals surface area contributed by atoms with Crippen LogP contribution in [-0.2, 0) is 6.42 Å². The summed E-state index contributed by atoms with van der Waals surface area (Å²) in [7, 11) is 0. The van der Waals surface area contributed by atoms with E-state index in [4.69, 9.17) is 0 Å². The van der Waals surface area contributed by atoms with Crippen molar-refractivity contribution < 1.29 is 13.2 Å². The third-order valence-electron chi connectivity index (χ3n) is 3.09. The molecule has 0 fully saturated rings. The van der Waals surface area contributed by atoms with E-state index in [-0.39, 0.29) is 5.69 Å². The zero-order chi connectivity index (χ0) is 14.4. The van der Waals surface area contributed by atoms with E-state index in [0.717, 1.165) is 25.3 Å². The van der Waals surface area contributed by atoms with E-state index in [0.29, 0.717) is 6.54 Å². The summed E-state index contributed by atoms with van der Waals surface area (Å²) >= 11 is 0. The highest BCUT2D eigenvalue weighted by atomic mass is 19.2. The van der Waals surface area contributed by atoms with Crippen LogP contribution in [0.3, 0.4) is 0 Å². The molecule has 0 heterocycles. The Labute approximate surface area is 116 Å². The molecule has 0 aromatic heterocycles. The van der Waals surface area contributed by atoms with Crippen molar-refractivity contribution in [3.63, 3.8) is 0 Å². The molecule has 0 aliphatic carbocycles. The molecule has 4 heteroatoms. The largest absolute Gasteiger partial charge is 0.383 e. The minimum atomic E-state index is -1.43. The minimum Gasteiger partial charge on any atom is -0.383 e. The van der Waals surface area contributed by atoms with Gasteiger partial charge in [-0.25, -0.2) is 13.2 Å². The van der Waals surface area contributed by atoms with Crippen LogP contribution in [0.25, 0.3) is 0 Å². The van der Waals surface area contributed by atoms with E-state index in [2.05, 4.69) is 17.4 Å². The van der Waals surface area contributed by atoms with Gasteiger partial charge < -0.3 is 5.32 Å². The van der Waals surface area contributed by atoms with Crippen LogP contribution in [0.15, 0.2) is 42.5 Å². The second-order valence-corrected chi connectivity index (χ2v) is 4.59. The number of halogens is 3. The Balaban J connectivity index is 1.75. The molecule has 0 saturated heterocycles. The molecule has 0 atom stereocenters. The lowest BCUT2D eigenvalue weighted by atomic mass is 10.1. The SMILES string of the molecule is Fc1ccc(NCCCCc2ccccc2)c(F)c1F. The average Bonchev–Trinajstić information content (AvgIpc) is 2.48. The van der Waals surface area contributed by atoms with Crippen molar-refractivity contribution in [2.75, 3.05) is 11.9 Å². The summed E-state index contributed by atoms with van der Waals surface area (Å²) in [6, 6.07) is 12.2. The highest BCUT2D eigenvalue weighted by Gasteiger charge is 2.12. The van der Waals surface area contributed by atoms with E-state index >= 15 is 0 Å². The van der Waals surface area contributed by atoms with E-state index < -0.39 is 17.5 Å². The number of rotatable bonds is 6. The van der Waals surface area contributed by atoms with Gasteiger partial charge in [-0.3, -0.25) is 0 Å². The van der Waals surface area contributed by atoms with Crippen LogP contribution in [-0.4, -0.2) is 6.54 Å². The van der Waals surface area contributed by atoms with Crippen LogP contribution < -0.4 is 5.32 Å². The smallest absolute Gasteiger partial charge is 0.196 e. The summed E-state index contributed by atoms with van der Waals surface area (Å²) in [5.41, 5.74) is 1.26. The van der Waals surface area contributed by atoms with Crippen LogP contribution >= 0.6 is 0 Å². The highest BCUT2D eigenvalue weighted by molar-refractivity contribution is 5.45. The maximum absolute atomic E-state index is 13.4. The standard InChI is InChI=1S/C16H16F3N/c17-13-9-10-14(16(19)15(13)18)20-11-5-4-8-12-6-2-1-3-7-12/h1-3,6-7,9-10,20H,4-5,8,11H2. The Hall–Kier alpha value is -1.97. The van der Waals surface area contributed by atoms with Gasteiger partial charge in [0.25, 0.3) is 0 Å². The summed E-state index contributed by atoms with van der Waals surface area (Å²) in [5.74, 6) is -3.76. The summed E-state index contributed by atoms with van der Waals surface area (Å²) in [4.78, 5) is 0. The zero-order valence-electron chi connectivity index (χ0n) is 11.0. The average molecular weight is 279 g/mol. The first-order chi connectivity index (χ1) is 9.68. The molecule has 0 spiro atoms. The lowest BCUT2D eigenvalue weighted by Crippen LogP contribution is -2.06. The number of benzene rings is 2. The monoisotopic (exact) mass is 279 g/mol. The fourth-order valence-electron chi connectivity index (χ4n) is 1.98. The topological polar surface area (TPSA) is 12.0 Å². The summed E-state index contributed by atoms with van der Waals surface area (Å²) < 4.78 is 39.1. The van der Waals surface area contributed by atoms with Gasteiger partial charge in [-0.1, -0.05) is 30.3 Å². The highest BCUT2D eigenvalue weighted by Crippen LogP contribution is 2.19. The second kappa shape index (κ2) is 6.98. The van der Waals surface area contributed by atoms with Gasteiger partial charge in [0.15, 0.2) is 17.5 Å². The molecule has 2 aromatic rings. The molecule has 1 N–H and O–H groups in total. The predicted molar refractivity (Wildman–Crippen MR) is 74.2 cm³/mol. The second-order valence-electron chi connectivity index (χ2n) is 4.59. The maximum Gasteiger partial charge on any atom is 0.196 e. The molecule has 0 radical (unpaired) electrons. The van der Waals surface area contributed by atoms with Crippen LogP contribution in [0.4, 0.5) is 18.9 Å². The van der Waals surface area contributed by atoms with Gasteiger partial charge in [0.05, 0.1) is 5.69 Å². The van der Waals surface area contributed by atoms with Gasteiger partial charge in [-0.15, -0.1) is 0 Å². The van der Waals surface area contributed by atoms with E-state index in [1.165, 1.54) is 11.6 Å². The Bertz CT molecular complexity index is 555. The molecule has 106 valence electrons. The summed E-state index contributed by atoms with van der Waals surface area (Å²) in [6.07, 6.45) is 2.72. The van der Waals surface area contributed by atoms with Crippen LogP contribution in [0.2, 0.25) is 0 Å². The van der Waals surface area contributed by atoms with Crippen LogP contribution in [0.5, 0.6) is 0 Å². The Morgan fingerprint density at radius 3 is 2.30 bits per heavy atom. The molecular formula is C16H16F3N. The molecule has 20 heavy (non-hydrogen) atoms. The molecule has 0 amide bonds. The lowest BCUT2D eigenvalue weighted by Gasteiger charge is -2.08. The van der Waals surface area contributed by atoms with Gasteiger partial charge in [0, 0.05) is 6.54 Å². The van der Waals surface area contributed by atoms with E-state index in [9.17, 15) is 13.2 Å². The molecule has 0 aliphatic rings. The molecule has 0 unspecified atom stereocenters.